The molecule has 0 radical (unpaired) electrons. The molecule has 0 bridgehead atoms. The van der Waals surface area contributed by atoms with Crippen molar-refractivity contribution in [3.8, 4) is 0 Å². The SMILES string of the molecule is COC(=O)c1c(SCc2ccc(Cl)cc2)nc(SC)nc1SCc1ccc(Cl)cc1. The molecule has 0 N–H and O–H groups in total. The van der Waals surface area contributed by atoms with Crippen molar-refractivity contribution in [2.45, 2.75) is 26.7 Å². The summed E-state index contributed by atoms with van der Waals surface area (Å²) in [7, 11) is 1.37. The number of ether oxygens (including phenoxy) is 1. The Morgan fingerprint density at radius 2 is 1.30 bits per heavy atom. The fourth-order valence-electron chi connectivity index (χ4n) is 2.44. The third kappa shape index (κ3) is 6.31. The van der Waals surface area contributed by atoms with Gasteiger partial charge in [-0.3, -0.25) is 0 Å². The first-order valence-electron chi connectivity index (χ1n) is 8.79. The van der Waals surface area contributed by atoms with Gasteiger partial charge in [-0.15, -0.1) is 23.5 Å². The number of aromatic nitrogens is 2. The molecule has 1 aromatic heterocycles. The van der Waals surface area contributed by atoms with Gasteiger partial charge in [-0.1, -0.05) is 59.2 Å². The van der Waals surface area contributed by atoms with Crippen molar-refractivity contribution in [1.82, 2.24) is 9.97 Å². The molecular formula is C21H18Cl2N2O2S3. The molecule has 0 unspecified atom stereocenters. The van der Waals surface area contributed by atoms with Gasteiger partial charge in [0.25, 0.3) is 0 Å². The monoisotopic (exact) mass is 496 g/mol. The predicted octanol–water partition coefficient (Wildman–Crippen LogP) is 6.88. The van der Waals surface area contributed by atoms with E-state index in [0.29, 0.717) is 42.3 Å². The van der Waals surface area contributed by atoms with E-state index in [9.17, 15) is 4.79 Å². The van der Waals surface area contributed by atoms with Gasteiger partial charge in [0.15, 0.2) is 5.16 Å². The number of rotatable bonds is 8. The average molecular weight is 497 g/mol. The lowest BCUT2D eigenvalue weighted by molar-refractivity contribution is 0.0590. The highest BCUT2D eigenvalue weighted by molar-refractivity contribution is 7.99. The van der Waals surface area contributed by atoms with Gasteiger partial charge in [-0.05, 0) is 41.6 Å². The Morgan fingerprint density at radius 3 is 1.67 bits per heavy atom. The zero-order valence-corrected chi connectivity index (χ0v) is 20.2. The number of benzene rings is 2. The molecule has 0 aliphatic carbocycles. The third-order valence-corrected chi connectivity index (χ3v) is 7.12. The first-order valence-corrected chi connectivity index (χ1v) is 12.7. The van der Waals surface area contributed by atoms with Crippen LogP contribution in [0.25, 0.3) is 0 Å². The van der Waals surface area contributed by atoms with E-state index in [2.05, 4.69) is 9.97 Å². The molecule has 0 atom stereocenters. The number of thioether (sulfide) groups is 3. The minimum Gasteiger partial charge on any atom is -0.465 e. The molecule has 1 heterocycles. The molecular weight excluding hydrogens is 479 g/mol. The van der Waals surface area contributed by atoms with Crippen molar-refractivity contribution in [2.75, 3.05) is 13.4 Å². The summed E-state index contributed by atoms with van der Waals surface area (Å²) >= 11 is 16.3. The number of hydrogen-bond acceptors (Lipinski definition) is 7. The van der Waals surface area contributed by atoms with E-state index in [0.717, 1.165) is 11.1 Å². The molecule has 30 heavy (non-hydrogen) atoms. The number of nitrogens with zero attached hydrogens (tertiary/aromatic N) is 2. The Bertz CT molecular complexity index is 945. The molecule has 0 amide bonds. The Labute approximate surface area is 198 Å². The second kappa shape index (κ2) is 11.3. The molecule has 0 saturated carbocycles. The van der Waals surface area contributed by atoms with E-state index in [-0.39, 0.29) is 0 Å². The maximum atomic E-state index is 12.6. The van der Waals surface area contributed by atoms with Gasteiger partial charge >= 0.3 is 5.97 Å². The van der Waals surface area contributed by atoms with E-state index in [1.807, 2.05) is 54.8 Å². The normalized spacial score (nSPS) is 10.8. The van der Waals surface area contributed by atoms with Gasteiger partial charge in [-0.2, -0.15) is 0 Å². The van der Waals surface area contributed by atoms with E-state index < -0.39 is 5.97 Å². The molecule has 0 spiro atoms. The summed E-state index contributed by atoms with van der Waals surface area (Å²) in [5.41, 5.74) is 2.56. The number of esters is 1. The van der Waals surface area contributed by atoms with Crippen molar-refractivity contribution in [3.05, 3.63) is 75.3 Å². The zero-order valence-electron chi connectivity index (χ0n) is 16.2. The highest BCUT2D eigenvalue weighted by Crippen LogP contribution is 2.34. The topological polar surface area (TPSA) is 52.1 Å². The van der Waals surface area contributed by atoms with Gasteiger partial charge in [0.1, 0.15) is 15.6 Å². The van der Waals surface area contributed by atoms with Crippen LogP contribution in [0.4, 0.5) is 0 Å². The van der Waals surface area contributed by atoms with Crippen LogP contribution in [0, 0.1) is 0 Å². The summed E-state index contributed by atoms with van der Waals surface area (Å²) < 4.78 is 5.04. The lowest BCUT2D eigenvalue weighted by atomic mass is 10.2. The first kappa shape index (κ1) is 23.3. The van der Waals surface area contributed by atoms with Crippen molar-refractivity contribution in [3.63, 3.8) is 0 Å². The summed E-state index contributed by atoms with van der Waals surface area (Å²) in [6, 6.07) is 15.2. The van der Waals surface area contributed by atoms with Crippen LogP contribution in [-0.4, -0.2) is 29.3 Å². The summed E-state index contributed by atoms with van der Waals surface area (Å²) in [4.78, 5) is 21.8. The molecule has 3 rings (SSSR count). The number of carbonyl (C=O) groups excluding carboxylic acids is 1. The Hall–Kier alpha value is -1.38. The molecule has 0 aliphatic heterocycles. The molecule has 156 valence electrons. The smallest absolute Gasteiger partial charge is 0.343 e. The second-order valence-corrected chi connectivity index (χ2v) is 9.59. The van der Waals surface area contributed by atoms with Crippen LogP contribution >= 0.6 is 58.5 Å². The van der Waals surface area contributed by atoms with Crippen LogP contribution in [0.15, 0.2) is 63.7 Å². The van der Waals surface area contributed by atoms with Gasteiger partial charge in [0, 0.05) is 21.6 Å². The minimum atomic E-state index is -0.445. The summed E-state index contributed by atoms with van der Waals surface area (Å²) in [6.45, 7) is 0. The molecule has 4 nitrogen and oxygen atoms in total. The van der Waals surface area contributed by atoms with E-state index >= 15 is 0 Å². The molecule has 0 aliphatic rings. The second-order valence-electron chi connectivity index (χ2n) is 6.02. The van der Waals surface area contributed by atoms with Crippen LogP contribution in [0.1, 0.15) is 21.5 Å². The predicted molar refractivity (Wildman–Crippen MR) is 127 cm³/mol. The summed E-state index contributed by atoms with van der Waals surface area (Å²) in [5, 5.41) is 3.20. The molecule has 0 saturated heterocycles. The number of methoxy groups -OCH3 is 1. The Balaban J connectivity index is 1.89. The number of halogens is 2. The van der Waals surface area contributed by atoms with E-state index in [4.69, 9.17) is 27.9 Å². The van der Waals surface area contributed by atoms with Gasteiger partial charge in [0.05, 0.1) is 7.11 Å². The van der Waals surface area contributed by atoms with E-state index in [1.165, 1.54) is 42.4 Å². The summed E-state index contributed by atoms with van der Waals surface area (Å²) in [5.74, 6) is 0.848. The van der Waals surface area contributed by atoms with Crippen LogP contribution < -0.4 is 0 Å². The lowest BCUT2D eigenvalue weighted by Gasteiger charge is -2.13. The Kier molecular flexibility index (Phi) is 8.77. The lowest BCUT2D eigenvalue weighted by Crippen LogP contribution is -2.10. The van der Waals surface area contributed by atoms with Crippen LogP contribution in [0.5, 0.6) is 0 Å². The van der Waals surface area contributed by atoms with Crippen molar-refractivity contribution in [2.24, 2.45) is 0 Å². The average Bonchev–Trinajstić information content (AvgIpc) is 2.77. The fourth-order valence-corrected chi connectivity index (χ4v) is 5.18. The van der Waals surface area contributed by atoms with Crippen molar-refractivity contribution in [1.29, 1.82) is 0 Å². The third-order valence-electron chi connectivity index (χ3n) is 3.97. The maximum absolute atomic E-state index is 12.6. The number of hydrogen-bond donors (Lipinski definition) is 0. The molecule has 9 heteroatoms. The molecule has 2 aromatic carbocycles. The van der Waals surface area contributed by atoms with Crippen LogP contribution in [0.3, 0.4) is 0 Å². The van der Waals surface area contributed by atoms with Crippen molar-refractivity contribution >= 4 is 64.5 Å². The molecule has 0 fully saturated rings. The van der Waals surface area contributed by atoms with Crippen molar-refractivity contribution < 1.29 is 9.53 Å². The quantitative estimate of drug-likeness (QED) is 0.146. The summed E-state index contributed by atoms with van der Waals surface area (Å²) in [6.07, 6.45) is 1.91. The van der Waals surface area contributed by atoms with Crippen LogP contribution in [-0.2, 0) is 16.2 Å². The molecule has 3 aromatic rings. The standard InChI is InChI=1S/C21H18Cl2N2O2S3/c1-27-20(26)17-18(29-11-13-3-7-15(22)8-4-13)24-21(28-2)25-19(17)30-12-14-5-9-16(23)10-6-14/h3-10H,11-12H2,1-2H3. The van der Waals surface area contributed by atoms with Gasteiger partial charge in [0.2, 0.25) is 0 Å². The zero-order chi connectivity index (χ0) is 21.5. The highest BCUT2D eigenvalue weighted by Gasteiger charge is 2.22. The minimum absolute atomic E-state index is 0.397. The van der Waals surface area contributed by atoms with E-state index in [1.54, 1.807) is 0 Å². The van der Waals surface area contributed by atoms with Gasteiger partial charge < -0.3 is 4.74 Å². The number of carbonyl (C=O) groups is 1. The van der Waals surface area contributed by atoms with Gasteiger partial charge in [-0.25, -0.2) is 14.8 Å². The maximum Gasteiger partial charge on any atom is 0.343 e. The fraction of sp³-hybridized carbons (Fsp3) is 0.190. The highest BCUT2D eigenvalue weighted by atomic mass is 35.5. The largest absolute Gasteiger partial charge is 0.465 e. The Morgan fingerprint density at radius 1 is 0.867 bits per heavy atom. The van der Waals surface area contributed by atoms with Crippen LogP contribution in [0.2, 0.25) is 10.0 Å². The first-order chi connectivity index (χ1) is 14.5.